The molecular weight excluding hydrogens is 218 g/mol. The van der Waals surface area contributed by atoms with Gasteiger partial charge in [-0.2, -0.15) is 0 Å². The number of Topliss-reactive ketones (excluding diaryl/α,β-unsaturated/α-hetero) is 1. The van der Waals surface area contributed by atoms with E-state index in [0.717, 1.165) is 38.5 Å². The van der Waals surface area contributed by atoms with Crippen LogP contribution in [0.5, 0.6) is 0 Å². The van der Waals surface area contributed by atoms with E-state index in [1.807, 2.05) is 0 Å². The number of nitrogens with zero attached hydrogens (tertiary/aromatic N) is 1. The molecule has 1 atom stereocenters. The Bertz CT molecular complexity index is 253. The molecule has 1 aliphatic carbocycles. The van der Waals surface area contributed by atoms with Gasteiger partial charge in [0, 0.05) is 17.8 Å². The summed E-state index contributed by atoms with van der Waals surface area (Å²) in [6, 6.07) is -0.934. The average molecular weight is 241 g/mol. The molecule has 0 heterocycles. The highest BCUT2D eigenvalue weighted by Crippen LogP contribution is 2.16. The number of nitro groups is 1. The molecule has 0 aromatic carbocycles. The van der Waals surface area contributed by atoms with Crippen molar-refractivity contribution in [1.29, 1.82) is 0 Å². The molecule has 0 saturated heterocycles. The minimum Gasteiger partial charge on any atom is -0.292 e. The van der Waals surface area contributed by atoms with Gasteiger partial charge in [0.2, 0.25) is 5.78 Å². The molecule has 0 bridgehead atoms. The van der Waals surface area contributed by atoms with Crippen LogP contribution in [0, 0.1) is 10.1 Å². The first-order valence-corrected chi connectivity index (χ1v) is 6.88. The summed E-state index contributed by atoms with van der Waals surface area (Å²) < 4.78 is 0. The second kappa shape index (κ2) is 8.20. The monoisotopic (exact) mass is 241 g/mol. The summed E-state index contributed by atoms with van der Waals surface area (Å²) in [4.78, 5) is 22.2. The highest BCUT2D eigenvalue weighted by molar-refractivity contribution is 5.82. The molecule has 0 radical (unpaired) electrons. The maximum Gasteiger partial charge on any atom is 0.270 e. The van der Waals surface area contributed by atoms with E-state index >= 15 is 0 Å². The molecule has 1 fully saturated rings. The maximum atomic E-state index is 11.7. The Kier molecular flexibility index (Phi) is 6.82. The van der Waals surface area contributed by atoms with Crippen LogP contribution < -0.4 is 0 Å². The third kappa shape index (κ3) is 5.80. The fourth-order valence-corrected chi connectivity index (χ4v) is 2.42. The van der Waals surface area contributed by atoms with E-state index in [-0.39, 0.29) is 10.7 Å². The summed E-state index contributed by atoms with van der Waals surface area (Å²) in [6.07, 6.45) is 10.6. The third-order valence-electron chi connectivity index (χ3n) is 3.53. The minimum absolute atomic E-state index is 0.158. The molecule has 4 heteroatoms. The lowest BCUT2D eigenvalue weighted by Crippen LogP contribution is -2.29. The smallest absolute Gasteiger partial charge is 0.270 e. The van der Waals surface area contributed by atoms with E-state index in [1.54, 1.807) is 0 Å². The molecule has 0 aliphatic heterocycles. The molecule has 0 N–H and O–H groups in total. The van der Waals surface area contributed by atoms with Crippen molar-refractivity contribution in [1.82, 2.24) is 0 Å². The second-order valence-electron chi connectivity index (χ2n) is 4.99. The van der Waals surface area contributed by atoms with Crippen molar-refractivity contribution < 1.29 is 9.72 Å². The number of carbonyl (C=O) groups is 1. The number of carbonyl (C=O) groups excluding carboxylic acids is 1. The zero-order valence-electron chi connectivity index (χ0n) is 10.5. The third-order valence-corrected chi connectivity index (χ3v) is 3.53. The van der Waals surface area contributed by atoms with Gasteiger partial charge in [0.25, 0.3) is 6.04 Å². The van der Waals surface area contributed by atoms with Crippen molar-refractivity contribution in [3.8, 4) is 0 Å². The van der Waals surface area contributed by atoms with E-state index in [0.29, 0.717) is 12.8 Å². The van der Waals surface area contributed by atoms with Crippen LogP contribution in [0.3, 0.4) is 0 Å². The van der Waals surface area contributed by atoms with Gasteiger partial charge in [0.05, 0.1) is 0 Å². The molecule has 1 unspecified atom stereocenters. The molecule has 1 saturated carbocycles. The molecule has 98 valence electrons. The molecule has 0 spiro atoms. The first-order chi connectivity index (χ1) is 8.22. The van der Waals surface area contributed by atoms with Gasteiger partial charge in [0.1, 0.15) is 0 Å². The Morgan fingerprint density at radius 3 is 1.88 bits per heavy atom. The van der Waals surface area contributed by atoms with Gasteiger partial charge in [-0.05, 0) is 12.8 Å². The van der Waals surface area contributed by atoms with Gasteiger partial charge < -0.3 is 0 Å². The van der Waals surface area contributed by atoms with Crippen molar-refractivity contribution in [2.75, 3.05) is 0 Å². The summed E-state index contributed by atoms with van der Waals surface area (Å²) in [7, 11) is 0. The van der Waals surface area contributed by atoms with Crippen molar-refractivity contribution in [3.63, 3.8) is 0 Å². The molecule has 1 rings (SSSR count). The van der Waals surface area contributed by atoms with Gasteiger partial charge in [-0.1, -0.05) is 44.9 Å². The summed E-state index contributed by atoms with van der Waals surface area (Å²) in [6.45, 7) is 0. The zero-order chi connectivity index (χ0) is 12.5. The van der Waals surface area contributed by atoms with Crippen molar-refractivity contribution >= 4 is 5.78 Å². The van der Waals surface area contributed by atoms with Crippen molar-refractivity contribution in [2.45, 2.75) is 76.7 Å². The topological polar surface area (TPSA) is 60.2 Å². The average Bonchev–Trinajstić information content (AvgIpc) is 2.30. The van der Waals surface area contributed by atoms with E-state index in [1.165, 1.54) is 19.3 Å². The molecular formula is C13H23NO3. The predicted molar refractivity (Wildman–Crippen MR) is 66.6 cm³/mol. The van der Waals surface area contributed by atoms with Gasteiger partial charge in [-0.25, -0.2) is 0 Å². The Morgan fingerprint density at radius 1 is 0.882 bits per heavy atom. The van der Waals surface area contributed by atoms with Gasteiger partial charge in [-0.15, -0.1) is 0 Å². The van der Waals surface area contributed by atoms with Crippen LogP contribution in [0.25, 0.3) is 0 Å². The molecule has 0 amide bonds. The number of hydrogen-bond donors (Lipinski definition) is 0. The molecule has 0 aromatic rings. The van der Waals surface area contributed by atoms with E-state index < -0.39 is 6.04 Å². The molecule has 1 aliphatic rings. The van der Waals surface area contributed by atoms with Crippen LogP contribution in [0.2, 0.25) is 0 Å². The van der Waals surface area contributed by atoms with E-state index in [9.17, 15) is 14.9 Å². The number of rotatable bonds is 1. The van der Waals surface area contributed by atoms with E-state index in [4.69, 9.17) is 0 Å². The first-order valence-electron chi connectivity index (χ1n) is 6.88. The second-order valence-corrected chi connectivity index (χ2v) is 4.99. The summed E-state index contributed by atoms with van der Waals surface area (Å²) in [5.41, 5.74) is 0. The lowest BCUT2D eigenvalue weighted by Gasteiger charge is -2.07. The minimum atomic E-state index is -0.934. The van der Waals surface area contributed by atoms with Crippen LogP contribution in [0.4, 0.5) is 0 Å². The number of ketones is 1. The van der Waals surface area contributed by atoms with Crippen LogP contribution in [-0.4, -0.2) is 16.7 Å². The Labute approximate surface area is 103 Å². The number of hydrogen-bond acceptors (Lipinski definition) is 3. The van der Waals surface area contributed by atoms with Crippen molar-refractivity contribution in [2.24, 2.45) is 0 Å². The lowest BCUT2D eigenvalue weighted by atomic mass is 10.0. The predicted octanol–water partition coefficient (Wildman–Crippen LogP) is 3.51. The fourth-order valence-electron chi connectivity index (χ4n) is 2.42. The van der Waals surface area contributed by atoms with Gasteiger partial charge in [0.15, 0.2) is 0 Å². The van der Waals surface area contributed by atoms with Crippen LogP contribution in [0.15, 0.2) is 0 Å². The first kappa shape index (κ1) is 14.1. The molecule has 17 heavy (non-hydrogen) atoms. The SMILES string of the molecule is O=C1CCCCCCCCCCCC1[N+](=O)[O-]. The standard InChI is InChI=1S/C13H23NO3/c15-13-11-9-7-5-3-1-2-4-6-8-10-12(13)14(16)17/h12H,1-11H2. The fraction of sp³-hybridized carbons (Fsp3) is 0.923. The maximum absolute atomic E-state index is 11.7. The quantitative estimate of drug-likeness (QED) is 0.521. The van der Waals surface area contributed by atoms with Gasteiger partial charge >= 0.3 is 0 Å². The summed E-state index contributed by atoms with van der Waals surface area (Å²) in [5, 5.41) is 10.8. The molecule has 4 nitrogen and oxygen atoms in total. The largest absolute Gasteiger partial charge is 0.292 e. The molecule has 0 aromatic heterocycles. The zero-order valence-corrected chi connectivity index (χ0v) is 10.5. The Morgan fingerprint density at radius 2 is 1.35 bits per heavy atom. The van der Waals surface area contributed by atoms with Gasteiger partial charge in [-0.3, -0.25) is 14.9 Å². The van der Waals surface area contributed by atoms with Crippen LogP contribution in [0.1, 0.15) is 70.6 Å². The Balaban J connectivity index is 2.45. The summed E-state index contributed by atoms with van der Waals surface area (Å²) in [5.74, 6) is -0.158. The normalized spacial score (nSPS) is 25.4. The van der Waals surface area contributed by atoms with Crippen LogP contribution >= 0.6 is 0 Å². The highest BCUT2D eigenvalue weighted by atomic mass is 16.6. The van der Waals surface area contributed by atoms with Crippen molar-refractivity contribution in [3.05, 3.63) is 10.1 Å². The van der Waals surface area contributed by atoms with E-state index in [2.05, 4.69) is 0 Å². The highest BCUT2D eigenvalue weighted by Gasteiger charge is 2.27. The Hall–Kier alpha value is -0.930. The van der Waals surface area contributed by atoms with Crippen LogP contribution in [-0.2, 0) is 4.79 Å². The summed E-state index contributed by atoms with van der Waals surface area (Å²) >= 11 is 0. The lowest BCUT2D eigenvalue weighted by molar-refractivity contribution is -0.508.